The van der Waals surface area contributed by atoms with Crippen molar-refractivity contribution < 1.29 is 27.8 Å². The van der Waals surface area contributed by atoms with E-state index < -0.39 is 23.0 Å². The molecule has 0 radical (unpaired) electrons. The highest BCUT2D eigenvalue weighted by molar-refractivity contribution is 7.79. The molecule has 1 aliphatic rings. The lowest BCUT2D eigenvalue weighted by molar-refractivity contribution is -0.139. The van der Waals surface area contributed by atoms with Crippen molar-refractivity contribution in [2.24, 2.45) is 0 Å². The minimum Gasteiger partial charge on any atom is -0.465 e. The van der Waals surface area contributed by atoms with Crippen LogP contribution in [-0.4, -0.2) is 34.9 Å². The van der Waals surface area contributed by atoms with Crippen molar-refractivity contribution >= 4 is 28.7 Å². The number of methoxy groups -OCH3 is 2. The number of nitrogens with zero attached hydrogens (tertiary/aromatic N) is 1. The molecule has 24 heavy (non-hydrogen) atoms. The smallest absolute Gasteiger partial charge is 0.355 e. The minimum absolute atomic E-state index is 0.0211. The number of hydrogen-bond donors (Lipinski definition) is 1. The monoisotopic (exact) mass is 349 g/mol. The Kier molecular flexibility index (Phi) is 5.67. The van der Waals surface area contributed by atoms with E-state index in [4.69, 9.17) is 14.0 Å². The van der Waals surface area contributed by atoms with Gasteiger partial charge in [-0.05, 0) is 36.4 Å². The number of esters is 2. The number of benzene rings is 1. The van der Waals surface area contributed by atoms with Crippen LogP contribution in [0.5, 0.6) is 0 Å². The largest absolute Gasteiger partial charge is 0.465 e. The Morgan fingerprint density at radius 1 is 1.04 bits per heavy atom. The fourth-order valence-corrected chi connectivity index (χ4v) is 2.46. The first kappa shape index (κ1) is 17.6. The molecule has 2 rings (SSSR count). The van der Waals surface area contributed by atoms with E-state index in [0.717, 1.165) is 0 Å². The molecule has 0 aromatic heterocycles. The molecule has 1 aromatic carbocycles. The van der Waals surface area contributed by atoms with Gasteiger partial charge in [0.2, 0.25) is 0 Å². The van der Waals surface area contributed by atoms with E-state index in [1.54, 1.807) is 30.5 Å². The molecule has 126 valence electrons. The molecule has 0 spiro atoms. The lowest BCUT2D eigenvalue weighted by atomic mass is 10.1. The van der Waals surface area contributed by atoms with E-state index in [1.165, 1.54) is 37.3 Å². The van der Waals surface area contributed by atoms with Crippen molar-refractivity contribution in [3.05, 3.63) is 60.0 Å². The van der Waals surface area contributed by atoms with Crippen LogP contribution >= 0.6 is 0 Å². The number of hydrogen-bond acceptors (Lipinski definition) is 6. The number of rotatable bonds is 4. The van der Waals surface area contributed by atoms with Crippen molar-refractivity contribution in [1.82, 2.24) is 0 Å². The Balaban J connectivity index is 2.58. The number of anilines is 1. The van der Waals surface area contributed by atoms with E-state index >= 15 is 0 Å². The molecule has 1 atom stereocenters. The summed E-state index contributed by atoms with van der Waals surface area (Å²) in [5.74, 6) is -1.41. The van der Waals surface area contributed by atoms with Crippen LogP contribution in [-0.2, 0) is 30.1 Å². The Hall–Kier alpha value is -2.71. The molecular formula is C16H15NO6S. The highest BCUT2D eigenvalue weighted by atomic mass is 32.2. The maximum atomic E-state index is 12.2. The Labute approximate surface area is 141 Å². The molecule has 1 aliphatic heterocycles. The molecule has 0 aliphatic carbocycles. The molecular weight excluding hydrogens is 334 g/mol. The summed E-state index contributed by atoms with van der Waals surface area (Å²) in [4.78, 5) is 25.9. The molecule has 1 heterocycles. The van der Waals surface area contributed by atoms with Crippen molar-refractivity contribution in [3.63, 3.8) is 0 Å². The van der Waals surface area contributed by atoms with E-state index in [1.807, 2.05) is 0 Å². The molecule has 0 bridgehead atoms. The maximum Gasteiger partial charge on any atom is 0.355 e. The van der Waals surface area contributed by atoms with Crippen LogP contribution in [0.2, 0.25) is 0 Å². The first-order valence-electron chi connectivity index (χ1n) is 6.75. The lowest BCUT2D eigenvalue weighted by Gasteiger charge is -2.23. The van der Waals surface area contributed by atoms with E-state index in [2.05, 4.69) is 0 Å². The zero-order chi connectivity index (χ0) is 17.7. The summed E-state index contributed by atoms with van der Waals surface area (Å²) < 4.78 is 29.7. The van der Waals surface area contributed by atoms with Crippen LogP contribution in [0.1, 0.15) is 0 Å². The molecule has 0 amide bonds. The minimum atomic E-state index is -2.11. The Morgan fingerprint density at radius 3 is 2.21 bits per heavy atom. The fraction of sp³-hybridized carbons (Fsp3) is 0.125. The number of carbonyl (C=O) groups excluding carboxylic acids is 2. The van der Waals surface area contributed by atoms with Crippen molar-refractivity contribution in [2.45, 2.75) is 4.90 Å². The summed E-state index contributed by atoms with van der Waals surface area (Å²) in [7, 11) is 2.42. The van der Waals surface area contributed by atoms with E-state index in [9.17, 15) is 13.8 Å². The second-order valence-electron chi connectivity index (χ2n) is 4.56. The molecule has 8 heteroatoms. The lowest BCUT2D eigenvalue weighted by Crippen LogP contribution is -2.26. The molecule has 1 N–H and O–H groups in total. The van der Waals surface area contributed by atoms with Gasteiger partial charge >= 0.3 is 11.9 Å². The third kappa shape index (κ3) is 3.61. The molecule has 1 aromatic rings. The average molecular weight is 349 g/mol. The average Bonchev–Trinajstić information content (AvgIpc) is 2.83. The normalized spacial score (nSPS) is 15.0. The number of carbonyl (C=O) groups is 2. The van der Waals surface area contributed by atoms with Gasteiger partial charge < -0.3 is 18.9 Å². The van der Waals surface area contributed by atoms with Crippen molar-refractivity contribution in [2.75, 3.05) is 19.1 Å². The summed E-state index contributed by atoms with van der Waals surface area (Å²) in [6.07, 6.45) is 6.25. The summed E-state index contributed by atoms with van der Waals surface area (Å²) in [5, 5.41) is 0. The standard InChI is InChI=1S/C16H15NO6S/c1-22-15(18)13-5-3-4-10-17(14(13)16(19)23-2)11-6-8-12(9-7-11)24(20)21/h3-10H,1-2H3,(H,20,21). The van der Waals surface area contributed by atoms with Gasteiger partial charge in [-0.3, -0.25) is 0 Å². The van der Waals surface area contributed by atoms with Gasteiger partial charge in [0.1, 0.15) is 5.70 Å². The van der Waals surface area contributed by atoms with Crippen molar-refractivity contribution in [3.8, 4) is 0 Å². The molecule has 1 unspecified atom stereocenters. The first-order chi connectivity index (χ1) is 11.5. The van der Waals surface area contributed by atoms with Gasteiger partial charge in [-0.1, -0.05) is 6.08 Å². The van der Waals surface area contributed by atoms with Crippen LogP contribution in [0.3, 0.4) is 0 Å². The van der Waals surface area contributed by atoms with Gasteiger partial charge in [0.15, 0.2) is 11.1 Å². The van der Waals surface area contributed by atoms with Gasteiger partial charge in [-0.15, -0.1) is 0 Å². The van der Waals surface area contributed by atoms with Crippen LogP contribution in [0.25, 0.3) is 0 Å². The van der Waals surface area contributed by atoms with E-state index in [0.29, 0.717) is 5.69 Å². The highest BCUT2D eigenvalue weighted by Gasteiger charge is 2.27. The second-order valence-corrected chi connectivity index (χ2v) is 5.53. The topological polar surface area (TPSA) is 93.1 Å². The van der Waals surface area contributed by atoms with Crippen LogP contribution in [0.4, 0.5) is 5.69 Å². The predicted molar refractivity (Wildman–Crippen MR) is 87.3 cm³/mol. The molecule has 0 fully saturated rings. The Morgan fingerprint density at radius 2 is 1.67 bits per heavy atom. The maximum absolute atomic E-state index is 12.2. The summed E-state index contributed by atoms with van der Waals surface area (Å²) in [6.45, 7) is 0. The first-order valence-corrected chi connectivity index (χ1v) is 7.86. The Bertz CT molecular complexity index is 763. The molecule has 7 nitrogen and oxygen atoms in total. The van der Waals surface area contributed by atoms with Gasteiger partial charge in [0, 0.05) is 11.9 Å². The number of allylic oxidation sites excluding steroid dienone is 2. The zero-order valence-corrected chi connectivity index (χ0v) is 13.8. The highest BCUT2D eigenvalue weighted by Crippen LogP contribution is 2.26. The van der Waals surface area contributed by atoms with E-state index in [-0.39, 0.29) is 16.2 Å². The van der Waals surface area contributed by atoms with Crippen LogP contribution in [0.15, 0.2) is 64.9 Å². The summed E-state index contributed by atoms with van der Waals surface area (Å²) in [5.41, 5.74) is 0.516. The van der Waals surface area contributed by atoms with Gasteiger partial charge in [0.05, 0.1) is 24.7 Å². The van der Waals surface area contributed by atoms with Crippen LogP contribution < -0.4 is 4.90 Å². The van der Waals surface area contributed by atoms with Crippen molar-refractivity contribution in [1.29, 1.82) is 0 Å². The second kappa shape index (κ2) is 7.71. The molecule has 0 saturated heterocycles. The third-order valence-electron chi connectivity index (χ3n) is 3.21. The van der Waals surface area contributed by atoms with Gasteiger partial charge in [-0.25, -0.2) is 13.8 Å². The van der Waals surface area contributed by atoms with Gasteiger partial charge in [0.25, 0.3) is 0 Å². The van der Waals surface area contributed by atoms with Gasteiger partial charge in [-0.2, -0.15) is 0 Å². The summed E-state index contributed by atoms with van der Waals surface area (Å²) in [6, 6.07) is 6.00. The fourth-order valence-electron chi connectivity index (χ4n) is 2.09. The summed E-state index contributed by atoms with van der Waals surface area (Å²) >= 11 is -2.11. The third-order valence-corrected chi connectivity index (χ3v) is 3.88. The quantitative estimate of drug-likeness (QED) is 0.654. The predicted octanol–water partition coefficient (Wildman–Crippen LogP) is 1.76. The van der Waals surface area contributed by atoms with Crippen LogP contribution in [0, 0.1) is 0 Å². The number of ether oxygens (including phenoxy) is 2. The SMILES string of the molecule is COC(=O)C1=C(C(=O)OC)N(c2ccc(S(=O)O)cc2)C=CC=C1. The zero-order valence-electron chi connectivity index (χ0n) is 13.0. The molecule has 0 saturated carbocycles.